The maximum Gasteiger partial charge on any atom is 0.416 e. The molecule has 1 aliphatic rings. The Bertz CT molecular complexity index is 879. The van der Waals surface area contributed by atoms with Gasteiger partial charge in [-0.2, -0.15) is 13.2 Å². The van der Waals surface area contributed by atoms with Gasteiger partial charge in [-0.05, 0) is 30.5 Å². The summed E-state index contributed by atoms with van der Waals surface area (Å²) >= 11 is 0.991. The molecular weight excluding hydrogens is 387 g/mol. The number of sulfonamides is 1. The van der Waals surface area contributed by atoms with Crippen LogP contribution in [-0.2, 0) is 16.2 Å². The fourth-order valence-electron chi connectivity index (χ4n) is 3.40. The number of nitrogens with zero attached hydrogens (tertiary/aromatic N) is 2. The van der Waals surface area contributed by atoms with Crippen LogP contribution >= 0.6 is 11.3 Å². The van der Waals surface area contributed by atoms with Crippen LogP contribution in [0.4, 0.5) is 18.3 Å². The molecule has 1 saturated carbocycles. The molecule has 0 amide bonds. The second-order valence-electron chi connectivity index (χ2n) is 6.34. The van der Waals surface area contributed by atoms with E-state index < -0.39 is 21.8 Å². The summed E-state index contributed by atoms with van der Waals surface area (Å²) in [6, 6.07) is 5.29. The summed E-state index contributed by atoms with van der Waals surface area (Å²) in [5, 5.41) is 5.65. The van der Waals surface area contributed by atoms with Gasteiger partial charge in [0, 0.05) is 19.0 Å². The van der Waals surface area contributed by atoms with Gasteiger partial charge in [-0.1, -0.05) is 29.9 Å². The van der Waals surface area contributed by atoms with Crippen molar-refractivity contribution in [3.63, 3.8) is 0 Å². The maximum atomic E-state index is 12.7. The average molecular weight is 405 g/mol. The first-order valence-electron chi connectivity index (χ1n) is 7.96. The van der Waals surface area contributed by atoms with Gasteiger partial charge in [-0.25, -0.2) is 18.5 Å². The molecule has 1 aromatic heterocycles. The molecule has 2 atom stereocenters. The molecule has 0 unspecified atom stereocenters. The number of rotatable bonds is 4. The number of halogens is 3. The second-order valence-corrected chi connectivity index (χ2v) is 9.14. The molecule has 0 saturated heterocycles. The standard InChI is InChI=1S/C16H18F3N3O2S2/c1-22(15-21-9-14(25-15)26(20,23)24)13-4-2-3-12(13)10-5-7-11(8-6-10)16(17,18)19/h5-9,12-13H,2-4H2,1H3,(H2,20,23,24)/t12-,13-/m1/s1. The Balaban J connectivity index is 1.82. The predicted molar refractivity (Wildman–Crippen MR) is 93.7 cm³/mol. The van der Waals surface area contributed by atoms with Crippen LogP contribution in [-0.4, -0.2) is 26.5 Å². The first kappa shape index (κ1) is 19.1. The summed E-state index contributed by atoms with van der Waals surface area (Å²) in [6.07, 6.45) is -0.474. The number of likely N-dealkylation sites (N-methyl/N-ethyl adjacent to an activating group) is 1. The van der Waals surface area contributed by atoms with E-state index in [0.717, 1.165) is 48.3 Å². The highest BCUT2D eigenvalue weighted by atomic mass is 32.2. The molecule has 1 aliphatic carbocycles. The summed E-state index contributed by atoms with van der Waals surface area (Å²) in [6.45, 7) is 0. The van der Waals surface area contributed by atoms with Gasteiger partial charge in [0.2, 0.25) is 10.0 Å². The molecule has 1 fully saturated rings. The molecule has 0 radical (unpaired) electrons. The number of anilines is 1. The minimum Gasteiger partial charge on any atom is -0.348 e. The second kappa shape index (κ2) is 6.82. The van der Waals surface area contributed by atoms with Gasteiger partial charge in [-0.15, -0.1) is 0 Å². The molecule has 2 N–H and O–H groups in total. The third kappa shape index (κ3) is 3.86. The van der Waals surface area contributed by atoms with Crippen molar-refractivity contribution in [2.24, 2.45) is 5.14 Å². The van der Waals surface area contributed by atoms with Gasteiger partial charge in [-0.3, -0.25) is 0 Å². The van der Waals surface area contributed by atoms with Crippen LogP contribution in [0.3, 0.4) is 0 Å². The van der Waals surface area contributed by atoms with Crippen LogP contribution in [0.5, 0.6) is 0 Å². The van der Waals surface area contributed by atoms with Gasteiger partial charge >= 0.3 is 6.18 Å². The van der Waals surface area contributed by atoms with Crippen molar-refractivity contribution in [1.82, 2.24) is 4.98 Å². The number of alkyl halides is 3. The Morgan fingerprint density at radius 3 is 2.42 bits per heavy atom. The van der Waals surface area contributed by atoms with Gasteiger partial charge in [0.25, 0.3) is 0 Å². The summed E-state index contributed by atoms with van der Waals surface area (Å²) in [4.78, 5) is 6.04. The zero-order valence-electron chi connectivity index (χ0n) is 13.9. The van der Waals surface area contributed by atoms with Crippen LogP contribution in [0.15, 0.2) is 34.7 Å². The highest BCUT2D eigenvalue weighted by molar-refractivity contribution is 7.91. The van der Waals surface area contributed by atoms with Crippen molar-refractivity contribution < 1.29 is 21.6 Å². The highest BCUT2D eigenvalue weighted by Crippen LogP contribution is 2.41. The highest BCUT2D eigenvalue weighted by Gasteiger charge is 2.34. The Kier molecular flexibility index (Phi) is 5.02. The summed E-state index contributed by atoms with van der Waals surface area (Å²) < 4.78 is 61.1. The number of thiazole rings is 1. The minimum absolute atomic E-state index is 0.0107. The van der Waals surface area contributed by atoms with Crippen molar-refractivity contribution in [2.75, 3.05) is 11.9 Å². The normalized spacial score (nSPS) is 21.1. The molecule has 0 bridgehead atoms. The monoisotopic (exact) mass is 405 g/mol. The van der Waals surface area contributed by atoms with E-state index in [-0.39, 0.29) is 16.2 Å². The third-order valence-corrected chi connectivity index (χ3v) is 7.19. The van der Waals surface area contributed by atoms with Gasteiger partial charge in [0.15, 0.2) is 9.34 Å². The lowest BCUT2D eigenvalue weighted by Gasteiger charge is -2.30. The SMILES string of the molecule is CN(c1ncc(S(N)(=O)=O)s1)[C@@H]1CCC[C@@H]1c1ccc(C(F)(F)F)cc1. The van der Waals surface area contributed by atoms with Crippen molar-refractivity contribution in [1.29, 1.82) is 0 Å². The molecule has 5 nitrogen and oxygen atoms in total. The lowest BCUT2D eigenvalue weighted by molar-refractivity contribution is -0.137. The fraction of sp³-hybridized carbons (Fsp3) is 0.438. The third-order valence-electron chi connectivity index (χ3n) is 4.70. The molecule has 0 spiro atoms. The summed E-state index contributed by atoms with van der Waals surface area (Å²) in [5.74, 6) is 0.0594. The molecule has 0 aliphatic heterocycles. The largest absolute Gasteiger partial charge is 0.416 e. The molecule has 2 aromatic rings. The van der Waals surface area contributed by atoms with Gasteiger partial charge in [0.05, 0.1) is 11.8 Å². The number of hydrogen-bond donors (Lipinski definition) is 1. The number of primary sulfonamides is 1. The van der Waals surface area contributed by atoms with Crippen molar-refractivity contribution in [3.05, 3.63) is 41.6 Å². The van der Waals surface area contributed by atoms with Crippen LogP contribution in [0.25, 0.3) is 0 Å². The van der Waals surface area contributed by atoms with E-state index in [1.165, 1.54) is 18.3 Å². The zero-order chi connectivity index (χ0) is 19.1. The zero-order valence-corrected chi connectivity index (χ0v) is 15.5. The Morgan fingerprint density at radius 1 is 1.23 bits per heavy atom. The van der Waals surface area contributed by atoms with Crippen LogP contribution in [0.1, 0.15) is 36.3 Å². The Morgan fingerprint density at radius 2 is 1.88 bits per heavy atom. The summed E-state index contributed by atoms with van der Waals surface area (Å²) in [5.41, 5.74) is 0.178. The van der Waals surface area contributed by atoms with Gasteiger partial charge < -0.3 is 4.90 Å². The summed E-state index contributed by atoms with van der Waals surface area (Å²) in [7, 11) is -1.98. The van der Waals surface area contributed by atoms with Crippen molar-refractivity contribution in [3.8, 4) is 0 Å². The van der Waals surface area contributed by atoms with Crippen LogP contribution in [0.2, 0.25) is 0 Å². The van der Waals surface area contributed by atoms with E-state index in [9.17, 15) is 21.6 Å². The molecule has 1 heterocycles. The van der Waals surface area contributed by atoms with Crippen molar-refractivity contribution in [2.45, 2.75) is 41.6 Å². The fourth-order valence-corrected chi connectivity index (χ4v) is 4.96. The molecule has 26 heavy (non-hydrogen) atoms. The number of aromatic nitrogens is 1. The molecule has 1 aromatic carbocycles. The van der Waals surface area contributed by atoms with Crippen LogP contribution < -0.4 is 10.0 Å². The molecular formula is C16H18F3N3O2S2. The van der Waals surface area contributed by atoms with Crippen molar-refractivity contribution >= 4 is 26.5 Å². The van der Waals surface area contributed by atoms with E-state index in [1.54, 1.807) is 0 Å². The molecule has 142 valence electrons. The minimum atomic E-state index is -4.35. The van der Waals surface area contributed by atoms with E-state index in [1.807, 2.05) is 11.9 Å². The molecule has 3 rings (SSSR count). The Labute approximate surface area is 153 Å². The van der Waals surface area contributed by atoms with Gasteiger partial charge in [0.1, 0.15) is 0 Å². The smallest absolute Gasteiger partial charge is 0.348 e. The number of nitrogens with two attached hydrogens (primary N) is 1. The Hall–Kier alpha value is -1.65. The van der Waals surface area contributed by atoms with E-state index >= 15 is 0 Å². The predicted octanol–water partition coefficient (Wildman–Crippen LogP) is 3.58. The average Bonchev–Trinajstić information content (AvgIpc) is 3.22. The first-order chi connectivity index (χ1) is 12.1. The lowest BCUT2D eigenvalue weighted by atomic mass is 9.92. The molecule has 10 heteroatoms. The van der Waals surface area contributed by atoms with Crippen LogP contribution in [0, 0.1) is 0 Å². The quantitative estimate of drug-likeness (QED) is 0.844. The lowest BCUT2D eigenvalue weighted by Crippen LogP contribution is -2.33. The topological polar surface area (TPSA) is 76.3 Å². The number of benzene rings is 1. The maximum absolute atomic E-state index is 12.7. The number of hydrogen-bond acceptors (Lipinski definition) is 5. The van der Waals surface area contributed by atoms with E-state index in [0.29, 0.717) is 5.13 Å². The van der Waals surface area contributed by atoms with E-state index in [2.05, 4.69) is 4.98 Å². The van der Waals surface area contributed by atoms with E-state index in [4.69, 9.17) is 5.14 Å². The first-order valence-corrected chi connectivity index (χ1v) is 10.3.